The number of carbonyl (C=O) groups is 1. The Morgan fingerprint density at radius 3 is 2.65 bits per heavy atom. The van der Waals surface area contributed by atoms with Crippen LogP contribution in [0, 0.1) is 15.5 Å². The van der Waals surface area contributed by atoms with Crippen molar-refractivity contribution in [2.75, 3.05) is 69.2 Å². The molecule has 3 aromatic carbocycles. The number of benzene rings is 3. The Morgan fingerprint density at radius 1 is 1.06 bits per heavy atom. The average Bonchev–Trinajstić information content (AvgIpc) is 3.87. The van der Waals surface area contributed by atoms with Crippen molar-refractivity contribution in [2.45, 2.75) is 49.7 Å². The lowest BCUT2D eigenvalue weighted by atomic mass is 9.72. The number of pyridine rings is 1. The molecule has 0 saturated carbocycles. The molecule has 19 heteroatoms. The first-order valence-corrected chi connectivity index (χ1v) is 24.2. The van der Waals surface area contributed by atoms with Gasteiger partial charge in [0.25, 0.3) is 21.6 Å². The number of nitro benzene ring substituents is 1. The van der Waals surface area contributed by atoms with E-state index in [0.717, 1.165) is 74.1 Å². The van der Waals surface area contributed by atoms with Crippen LogP contribution in [0.3, 0.4) is 0 Å². The first-order chi connectivity index (χ1) is 31.2. The van der Waals surface area contributed by atoms with Gasteiger partial charge in [0.15, 0.2) is 5.65 Å². The fourth-order valence-electron chi connectivity index (χ4n) is 9.02. The standard InChI is InChI=1S/C46H50ClN10O6SSi/c1-46(2)13-11-31(36(24-46)29-3-5-32(47)6-4-29)28-54-16-18-55(19-17-54)33-7-9-35(39(22-33)56-40-21-30-12-14-49-44(30)52-38(40)25-51-56)45(58)53-64(61,62)34-8-10-37(41(23-34)57(59)60)50-26-42-43(65)27-48-15-20-63-42/h3-10,12,14,21-23,25,42-43,48,50-51H,11,13,15-20,24,26-28H2,1-2H3,(H,53,58)/t42-,43?/m1/s1. The Kier molecular flexibility index (Phi) is 12.6. The molecule has 16 nitrogen and oxygen atoms in total. The Balaban J connectivity index is 0.972. The van der Waals surface area contributed by atoms with Crippen LogP contribution in [0.2, 0.25) is 10.6 Å². The summed E-state index contributed by atoms with van der Waals surface area (Å²) in [6.45, 7) is 10.7. The molecule has 3 aromatic heterocycles. The van der Waals surface area contributed by atoms with Gasteiger partial charge in [0.2, 0.25) is 0 Å². The van der Waals surface area contributed by atoms with Crippen LogP contribution in [0.4, 0.5) is 17.1 Å². The van der Waals surface area contributed by atoms with E-state index in [4.69, 9.17) is 16.3 Å². The number of hydrogen-bond acceptors (Lipinski definition) is 12. The summed E-state index contributed by atoms with van der Waals surface area (Å²) >= 11 is 6.26. The molecule has 5 heterocycles. The van der Waals surface area contributed by atoms with Crippen molar-refractivity contribution < 1.29 is 22.9 Å². The molecule has 3 radical (unpaired) electrons. The first kappa shape index (κ1) is 44.6. The summed E-state index contributed by atoms with van der Waals surface area (Å²) in [6.07, 6.45) is 6.28. The van der Waals surface area contributed by atoms with Gasteiger partial charge in [0, 0.05) is 90.6 Å². The van der Waals surface area contributed by atoms with Crippen molar-refractivity contribution >= 4 is 82.5 Å². The predicted molar refractivity (Wildman–Crippen MR) is 254 cm³/mol. The SMILES string of the molecule is CC1(C)CCC(CN2CCN(c3ccc(C(=O)NS(=O)(=O)c4ccc(NC[C@H]5OCCNCC5[Si])c([N+](=O)[O-])c4)c(-n4[nH]cc5nc6nccc6cc54)c3)CC2)=C(c2ccc(Cl)cc2)C1. The number of nitro groups is 1. The monoisotopic (exact) mass is 933 g/mol. The first-order valence-electron chi connectivity index (χ1n) is 21.7. The van der Waals surface area contributed by atoms with Crippen LogP contribution < -0.4 is 20.3 Å². The van der Waals surface area contributed by atoms with Gasteiger partial charge in [-0.1, -0.05) is 43.2 Å². The lowest BCUT2D eigenvalue weighted by Crippen LogP contribution is -2.47. The number of sulfonamides is 1. The number of carbonyl (C=O) groups excluding carboxylic acids is 1. The van der Waals surface area contributed by atoms with E-state index in [2.05, 4.69) is 76.4 Å². The summed E-state index contributed by atoms with van der Waals surface area (Å²) in [7, 11) is -0.940. The minimum absolute atomic E-state index is 0.0487. The Bertz CT molecular complexity index is 2910. The van der Waals surface area contributed by atoms with Gasteiger partial charge in [-0.15, -0.1) is 0 Å². The Labute approximate surface area is 385 Å². The maximum Gasteiger partial charge on any atom is 0.293 e. The maximum absolute atomic E-state index is 14.2. The second-order valence-corrected chi connectivity index (χ2v) is 20.6. The number of amides is 1. The highest BCUT2D eigenvalue weighted by Crippen LogP contribution is 2.43. The summed E-state index contributed by atoms with van der Waals surface area (Å²) in [5.74, 6) is -0.914. The number of piperazine rings is 1. The number of halogens is 1. The van der Waals surface area contributed by atoms with Crippen LogP contribution in [0.1, 0.15) is 49.0 Å². The van der Waals surface area contributed by atoms with Gasteiger partial charge in [0.05, 0.1) is 39.3 Å². The lowest BCUT2D eigenvalue weighted by Gasteiger charge is -2.39. The third kappa shape index (κ3) is 9.69. The second-order valence-electron chi connectivity index (χ2n) is 17.7. The van der Waals surface area contributed by atoms with Crippen molar-refractivity contribution in [1.82, 2.24) is 34.7 Å². The van der Waals surface area contributed by atoms with Gasteiger partial charge in [0.1, 0.15) is 11.2 Å². The lowest BCUT2D eigenvalue weighted by molar-refractivity contribution is -0.384. The molecule has 2 aliphatic heterocycles. The number of aromatic nitrogens is 4. The molecule has 3 aliphatic rings. The smallest absolute Gasteiger partial charge is 0.293 e. The second kappa shape index (κ2) is 18.3. The quantitative estimate of drug-likeness (QED) is 0.0576. The molecule has 2 saturated heterocycles. The summed E-state index contributed by atoms with van der Waals surface area (Å²) in [6, 6.07) is 20.8. The Hall–Kier alpha value is -5.63. The number of H-pyrrole nitrogens is 1. The summed E-state index contributed by atoms with van der Waals surface area (Å²) in [5.41, 5.74) is 7.07. The molecule has 2 fully saturated rings. The van der Waals surface area contributed by atoms with Crippen LogP contribution in [0.25, 0.3) is 33.3 Å². The van der Waals surface area contributed by atoms with E-state index in [1.165, 1.54) is 28.8 Å². The zero-order valence-electron chi connectivity index (χ0n) is 36.1. The molecule has 0 spiro atoms. The number of hydrogen-bond donors (Lipinski definition) is 4. The topological polar surface area (TPSA) is 193 Å². The number of ether oxygens (including phenoxy) is 1. The molecular formula is C46H50ClN10O6SSi. The number of nitrogens with zero attached hydrogens (tertiary/aromatic N) is 6. The zero-order valence-corrected chi connectivity index (χ0v) is 38.7. The highest BCUT2D eigenvalue weighted by atomic mass is 35.5. The van der Waals surface area contributed by atoms with E-state index >= 15 is 0 Å². The number of aromatic amines is 1. The molecule has 1 aliphatic carbocycles. The van der Waals surface area contributed by atoms with E-state index in [1.54, 1.807) is 23.1 Å². The van der Waals surface area contributed by atoms with Crippen LogP contribution in [-0.4, -0.2) is 119 Å². The van der Waals surface area contributed by atoms with Crippen LogP contribution in [0.5, 0.6) is 0 Å². The number of nitrogens with one attached hydrogen (secondary N) is 4. The fourth-order valence-corrected chi connectivity index (χ4v) is 10.5. The number of rotatable bonds is 12. The predicted octanol–water partition coefficient (Wildman–Crippen LogP) is 6.73. The molecular weight excluding hydrogens is 884 g/mol. The van der Waals surface area contributed by atoms with Crippen LogP contribution >= 0.6 is 11.6 Å². The normalized spacial score (nSPS) is 19.7. The molecule has 337 valence electrons. The number of allylic oxidation sites excluding steroid dienone is 1. The third-order valence-electron chi connectivity index (χ3n) is 12.7. The van der Waals surface area contributed by atoms with Gasteiger partial charge in [-0.25, -0.2) is 23.1 Å². The molecule has 6 aromatic rings. The zero-order chi connectivity index (χ0) is 45.5. The van der Waals surface area contributed by atoms with Crippen LogP contribution in [0.15, 0.2) is 95.7 Å². The van der Waals surface area contributed by atoms with Gasteiger partial charge >= 0.3 is 0 Å². The minimum atomic E-state index is -4.60. The largest absolute Gasteiger partial charge is 0.377 e. The molecule has 9 rings (SSSR count). The van der Waals surface area contributed by atoms with Crippen molar-refractivity contribution in [2.24, 2.45) is 5.41 Å². The molecule has 0 bridgehead atoms. The van der Waals surface area contributed by atoms with Crippen LogP contribution in [-0.2, 0) is 14.8 Å². The van der Waals surface area contributed by atoms with Crippen molar-refractivity contribution in [3.8, 4) is 5.69 Å². The van der Waals surface area contributed by atoms with Gasteiger partial charge in [-0.3, -0.25) is 29.6 Å². The fraction of sp³-hybridized carbons (Fsp3) is 0.370. The van der Waals surface area contributed by atoms with E-state index in [-0.39, 0.29) is 34.9 Å². The third-order valence-corrected chi connectivity index (χ3v) is 14.8. The summed E-state index contributed by atoms with van der Waals surface area (Å²) in [5, 5.41) is 23.3. The van der Waals surface area contributed by atoms with Gasteiger partial charge in [-0.2, -0.15) is 0 Å². The van der Waals surface area contributed by atoms with E-state index in [9.17, 15) is 23.3 Å². The molecule has 1 amide bonds. The van der Waals surface area contributed by atoms with Crippen molar-refractivity contribution in [3.63, 3.8) is 0 Å². The van der Waals surface area contributed by atoms with Gasteiger partial charge < -0.3 is 20.3 Å². The molecule has 2 atom stereocenters. The number of fused-ring (bicyclic) bond motifs is 2. The molecule has 65 heavy (non-hydrogen) atoms. The van der Waals surface area contributed by atoms with Gasteiger partial charge in [-0.05, 0) is 102 Å². The summed E-state index contributed by atoms with van der Waals surface area (Å²) in [4.78, 5) is 39.2. The highest BCUT2D eigenvalue weighted by molar-refractivity contribution is 7.90. The average molecular weight is 935 g/mol. The molecule has 1 unspecified atom stereocenters. The minimum Gasteiger partial charge on any atom is -0.377 e. The van der Waals surface area contributed by atoms with E-state index < -0.39 is 31.4 Å². The van der Waals surface area contributed by atoms with Crippen molar-refractivity contribution in [3.05, 3.63) is 117 Å². The molecule has 4 N–H and O–H groups in total. The highest BCUT2D eigenvalue weighted by Gasteiger charge is 2.31. The maximum atomic E-state index is 14.2. The van der Waals surface area contributed by atoms with Crippen molar-refractivity contribution in [1.29, 1.82) is 0 Å². The summed E-state index contributed by atoms with van der Waals surface area (Å²) < 4.78 is 37.5. The Morgan fingerprint density at radius 2 is 1.86 bits per heavy atom. The van der Waals surface area contributed by atoms with E-state index in [0.29, 0.717) is 42.1 Å². The number of anilines is 2. The van der Waals surface area contributed by atoms with E-state index in [1.807, 2.05) is 36.4 Å².